The van der Waals surface area contributed by atoms with Crippen molar-refractivity contribution < 1.29 is 9.47 Å². The standard InChI is InChI=1S/C12H13N3O2S/c1-16-7-3-4-8(10(5-7)17-2)9-6-11(13)15-12(18)14-9/h3-6H,1-2H3,(H3,13,14,15,18). The lowest BCUT2D eigenvalue weighted by Gasteiger charge is -2.10. The molecular formula is C12H13N3O2S. The van der Waals surface area contributed by atoms with E-state index in [0.717, 1.165) is 17.0 Å². The quantitative estimate of drug-likeness (QED) is 0.832. The van der Waals surface area contributed by atoms with Gasteiger partial charge in [0.05, 0.1) is 19.9 Å². The number of hydrogen-bond acceptors (Lipinski definition) is 5. The molecule has 0 aliphatic carbocycles. The molecule has 0 saturated heterocycles. The fraction of sp³-hybridized carbons (Fsp3) is 0.167. The first-order valence-corrected chi connectivity index (χ1v) is 5.64. The van der Waals surface area contributed by atoms with Gasteiger partial charge in [-0.2, -0.15) is 0 Å². The summed E-state index contributed by atoms with van der Waals surface area (Å²) >= 11 is 5.00. The third-order valence-electron chi connectivity index (χ3n) is 2.46. The van der Waals surface area contributed by atoms with E-state index in [9.17, 15) is 0 Å². The fourth-order valence-electron chi connectivity index (χ4n) is 1.64. The van der Waals surface area contributed by atoms with Crippen molar-refractivity contribution in [1.82, 2.24) is 9.97 Å². The van der Waals surface area contributed by atoms with Gasteiger partial charge < -0.3 is 20.2 Å². The molecule has 3 N–H and O–H groups in total. The van der Waals surface area contributed by atoms with Gasteiger partial charge in [0.25, 0.3) is 0 Å². The monoisotopic (exact) mass is 263 g/mol. The van der Waals surface area contributed by atoms with Gasteiger partial charge in [0.15, 0.2) is 4.77 Å². The van der Waals surface area contributed by atoms with Crippen LogP contribution < -0.4 is 15.2 Å². The molecule has 0 fully saturated rings. The lowest BCUT2D eigenvalue weighted by molar-refractivity contribution is 0.395. The Morgan fingerprint density at radius 3 is 2.61 bits per heavy atom. The Kier molecular flexibility index (Phi) is 3.47. The van der Waals surface area contributed by atoms with Crippen molar-refractivity contribution >= 4 is 18.0 Å². The van der Waals surface area contributed by atoms with Gasteiger partial charge in [-0.3, -0.25) is 0 Å². The zero-order valence-electron chi connectivity index (χ0n) is 10.1. The van der Waals surface area contributed by atoms with E-state index in [4.69, 9.17) is 27.4 Å². The molecule has 1 heterocycles. The van der Waals surface area contributed by atoms with E-state index in [2.05, 4.69) is 9.97 Å². The van der Waals surface area contributed by atoms with Crippen LogP contribution in [0.1, 0.15) is 0 Å². The summed E-state index contributed by atoms with van der Waals surface area (Å²) in [7, 11) is 3.20. The number of nitrogen functional groups attached to an aromatic ring is 1. The Bertz CT molecular complexity index is 625. The highest BCUT2D eigenvalue weighted by Crippen LogP contribution is 2.32. The van der Waals surface area contributed by atoms with Crippen molar-refractivity contribution in [2.24, 2.45) is 0 Å². The summed E-state index contributed by atoms with van der Waals surface area (Å²) in [5.41, 5.74) is 7.28. The molecule has 2 rings (SSSR count). The summed E-state index contributed by atoms with van der Waals surface area (Å²) in [5, 5.41) is 0. The fourth-order valence-corrected chi connectivity index (χ4v) is 1.86. The number of rotatable bonds is 3. The van der Waals surface area contributed by atoms with Gasteiger partial charge in [0, 0.05) is 17.7 Å². The molecule has 94 valence electrons. The number of ether oxygens (including phenoxy) is 2. The number of nitrogens with two attached hydrogens (primary N) is 1. The van der Waals surface area contributed by atoms with Crippen LogP contribution >= 0.6 is 12.2 Å². The molecule has 5 nitrogen and oxygen atoms in total. The van der Waals surface area contributed by atoms with Gasteiger partial charge >= 0.3 is 0 Å². The molecule has 0 aliphatic rings. The molecule has 0 atom stereocenters. The zero-order valence-corrected chi connectivity index (χ0v) is 10.9. The second kappa shape index (κ2) is 5.05. The molecular weight excluding hydrogens is 250 g/mol. The third-order valence-corrected chi connectivity index (χ3v) is 2.66. The highest BCUT2D eigenvalue weighted by atomic mass is 32.1. The molecule has 2 aromatic rings. The maximum Gasteiger partial charge on any atom is 0.199 e. The summed E-state index contributed by atoms with van der Waals surface area (Å²) in [4.78, 5) is 6.90. The van der Waals surface area contributed by atoms with Gasteiger partial charge in [-0.05, 0) is 24.4 Å². The smallest absolute Gasteiger partial charge is 0.199 e. The number of benzene rings is 1. The minimum atomic E-state index is 0.336. The second-order valence-electron chi connectivity index (χ2n) is 3.59. The highest BCUT2D eigenvalue weighted by Gasteiger charge is 2.08. The topological polar surface area (TPSA) is 73.2 Å². The SMILES string of the molecule is COc1ccc(-c2cc(N)nc(=S)[nH]2)c(OC)c1. The zero-order chi connectivity index (χ0) is 13.1. The summed E-state index contributed by atoms with van der Waals surface area (Å²) < 4.78 is 10.8. The van der Waals surface area contributed by atoms with E-state index in [1.807, 2.05) is 12.1 Å². The molecule has 0 spiro atoms. The number of hydrogen-bond donors (Lipinski definition) is 2. The van der Waals surface area contributed by atoms with E-state index >= 15 is 0 Å². The first kappa shape index (κ1) is 12.4. The lowest BCUT2D eigenvalue weighted by atomic mass is 10.1. The lowest BCUT2D eigenvalue weighted by Crippen LogP contribution is -1.96. The summed E-state index contributed by atoms with van der Waals surface area (Å²) in [5.74, 6) is 1.76. The Labute approximate surface area is 110 Å². The molecule has 1 aromatic carbocycles. The maximum absolute atomic E-state index is 5.68. The van der Waals surface area contributed by atoms with Gasteiger partial charge in [0.2, 0.25) is 0 Å². The highest BCUT2D eigenvalue weighted by molar-refractivity contribution is 7.71. The predicted molar refractivity (Wildman–Crippen MR) is 72.4 cm³/mol. The van der Waals surface area contributed by atoms with E-state index in [0.29, 0.717) is 16.3 Å². The van der Waals surface area contributed by atoms with Crippen LogP contribution in [0.2, 0.25) is 0 Å². The van der Waals surface area contributed by atoms with Crippen LogP contribution in [-0.4, -0.2) is 24.2 Å². The molecule has 0 saturated carbocycles. The average molecular weight is 263 g/mol. The molecule has 0 unspecified atom stereocenters. The average Bonchev–Trinajstić information content (AvgIpc) is 2.36. The maximum atomic E-state index is 5.68. The first-order chi connectivity index (χ1) is 8.63. The minimum absolute atomic E-state index is 0.336. The normalized spacial score (nSPS) is 10.1. The van der Waals surface area contributed by atoms with Crippen LogP contribution in [0.25, 0.3) is 11.3 Å². The van der Waals surface area contributed by atoms with E-state index in [1.54, 1.807) is 26.4 Å². The minimum Gasteiger partial charge on any atom is -0.497 e. The Balaban J connectivity index is 2.59. The van der Waals surface area contributed by atoms with E-state index < -0.39 is 0 Å². The number of nitrogens with zero attached hydrogens (tertiary/aromatic N) is 1. The van der Waals surface area contributed by atoms with Crippen molar-refractivity contribution in [2.45, 2.75) is 0 Å². The van der Waals surface area contributed by atoms with Crippen LogP contribution in [0.15, 0.2) is 24.3 Å². The van der Waals surface area contributed by atoms with Crippen molar-refractivity contribution in [3.63, 3.8) is 0 Å². The molecule has 0 amide bonds. The third kappa shape index (κ3) is 2.43. The van der Waals surface area contributed by atoms with Gasteiger partial charge in [0.1, 0.15) is 17.3 Å². The predicted octanol–water partition coefficient (Wildman–Crippen LogP) is 2.41. The number of methoxy groups -OCH3 is 2. The van der Waals surface area contributed by atoms with Crippen molar-refractivity contribution in [3.8, 4) is 22.8 Å². The van der Waals surface area contributed by atoms with Crippen molar-refractivity contribution in [2.75, 3.05) is 20.0 Å². The van der Waals surface area contributed by atoms with Crippen LogP contribution in [0.5, 0.6) is 11.5 Å². The molecule has 0 aliphatic heterocycles. The van der Waals surface area contributed by atoms with Crippen LogP contribution in [0, 0.1) is 4.77 Å². The molecule has 1 aromatic heterocycles. The Morgan fingerprint density at radius 1 is 1.22 bits per heavy atom. The summed E-state index contributed by atoms with van der Waals surface area (Å²) in [6.45, 7) is 0. The van der Waals surface area contributed by atoms with Gasteiger partial charge in [-0.15, -0.1) is 0 Å². The van der Waals surface area contributed by atoms with Gasteiger partial charge in [-0.1, -0.05) is 0 Å². The molecule has 0 bridgehead atoms. The summed E-state index contributed by atoms with van der Waals surface area (Å²) in [6, 6.07) is 7.21. The molecule has 18 heavy (non-hydrogen) atoms. The number of aromatic nitrogens is 2. The van der Waals surface area contributed by atoms with Crippen LogP contribution in [-0.2, 0) is 0 Å². The second-order valence-corrected chi connectivity index (χ2v) is 3.98. The Hall–Kier alpha value is -2.08. The van der Waals surface area contributed by atoms with Crippen molar-refractivity contribution in [3.05, 3.63) is 29.0 Å². The number of nitrogens with one attached hydrogen (secondary N) is 1. The van der Waals surface area contributed by atoms with Crippen molar-refractivity contribution in [1.29, 1.82) is 0 Å². The number of H-pyrrole nitrogens is 1. The first-order valence-electron chi connectivity index (χ1n) is 5.23. The Morgan fingerprint density at radius 2 is 2.00 bits per heavy atom. The number of anilines is 1. The van der Waals surface area contributed by atoms with Crippen LogP contribution in [0.3, 0.4) is 0 Å². The largest absolute Gasteiger partial charge is 0.497 e. The number of aromatic amines is 1. The molecule has 0 radical (unpaired) electrons. The van der Waals surface area contributed by atoms with E-state index in [1.165, 1.54) is 0 Å². The molecule has 6 heteroatoms. The van der Waals surface area contributed by atoms with Gasteiger partial charge in [-0.25, -0.2) is 4.98 Å². The van der Waals surface area contributed by atoms with Crippen LogP contribution in [0.4, 0.5) is 5.82 Å². The summed E-state index contributed by atoms with van der Waals surface area (Å²) in [6.07, 6.45) is 0. The van der Waals surface area contributed by atoms with E-state index in [-0.39, 0.29) is 0 Å².